The molecule has 1 aromatic heterocycles. The van der Waals surface area contributed by atoms with Crippen LogP contribution in [0.4, 0.5) is 0 Å². The number of carbonyl (C=O) groups is 1. The van der Waals surface area contributed by atoms with E-state index in [0.717, 1.165) is 19.5 Å². The van der Waals surface area contributed by atoms with Crippen molar-refractivity contribution >= 4 is 5.91 Å². The molecule has 1 fully saturated rings. The van der Waals surface area contributed by atoms with Crippen molar-refractivity contribution in [3.63, 3.8) is 0 Å². The molecule has 94 valence electrons. The van der Waals surface area contributed by atoms with E-state index in [0.29, 0.717) is 11.8 Å². The second kappa shape index (κ2) is 5.36. The van der Waals surface area contributed by atoms with Gasteiger partial charge in [0, 0.05) is 18.6 Å². The first kappa shape index (κ1) is 12.2. The Morgan fingerprint density at radius 2 is 2.47 bits per heavy atom. The van der Waals surface area contributed by atoms with E-state index in [2.05, 4.69) is 5.32 Å². The van der Waals surface area contributed by atoms with E-state index in [1.54, 1.807) is 18.4 Å². The maximum atomic E-state index is 12.2. The lowest BCUT2D eigenvalue weighted by Gasteiger charge is -2.28. The summed E-state index contributed by atoms with van der Waals surface area (Å²) in [4.78, 5) is 14.1. The summed E-state index contributed by atoms with van der Waals surface area (Å²) in [6.07, 6.45) is 3.89. The molecule has 1 saturated heterocycles. The Bertz CT molecular complexity index is 354. The predicted octanol–water partition coefficient (Wildman–Crippen LogP) is 1.88. The topological polar surface area (TPSA) is 45.5 Å². The fourth-order valence-corrected chi connectivity index (χ4v) is 2.22. The molecule has 4 heteroatoms. The van der Waals surface area contributed by atoms with E-state index in [1.807, 2.05) is 18.7 Å². The third kappa shape index (κ3) is 2.88. The van der Waals surface area contributed by atoms with Crippen LogP contribution in [-0.2, 0) is 0 Å². The Balaban J connectivity index is 2.03. The monoisotopic (exact) mass is 236 g/mol. The largest absolute Gasteiger partial charge is 0.459 e. The van der Waals surface area contributed by atoms with E-state index in [-0.39, 0.29) is 11.9 Å². The van der Waals surface area contributed by atoms with Crippen molar-refractivity contribution in [1.29, 1.82) is 0 Å². The highest BCUT2D eigenvalue weighted by Gasteiger charge is 2.25. The van der Waals surface area contributed by atoms with Gasteiger partial charge < -0.3 is 14.6 Å². The van der Waals surface area contributed by atoms with Crippen LogP contribution in [0.1, 0.15) is 37.2 Å². The molecule has 0 bridgehead atoms. The van der Waals surface area contributed by atoms with Gasteiger partial charge in [-0.1, -0.05) is 0 Å². The average molecular weight is 236 g/mol. The van der Waals surface area contributed by atoms with E-state index in [9.17, 15) is 4.79 Å². The minimum Gasteiger partial charge on any atom is -0.459 e. The first-order valence-corrected chi connectivity index (χ1v) is 6.26. The van der Waals surface area contributed by atoms with Gasteiger partial charge in [-0.3, -0.25) is 4.79 Å². The Kier molecular flexibility index (Phi) is 3.84. The highest BCUT2D eigenvalue weighted by atomic mass is 16.3. The molecule has 1 aliphatic heterocycles. The molecule has 0 aromatic carbocycles. The zero-order chi connectivity index (χ0) is 12.3. The molecule has 1 atom stereocenters. The summed E-state index contributed by atoms with van der Waals surface area (Å²) in [6.45, 7) is 5.90. The number of hydrogen-bond acceptors (Lipinski definition) is 3. The quantitative estimate of drug-likeness (QED) is 0.868. The van der Waals surface area contributed by atoms with Gasteiger partial charge in [-0.25, -0.2) is 0 Å². The van der Waals surface area contributed by atoms with E-state index >= 15 is 0 Å². The van der Waals surface area contributed by atoms with Gasteiger partial charge >= 0.3 is 0 Å². The van der Waals surface area contributed by atoms with Gasteiger partial charge in [-0.05, 0) is 45.4 Å². The summed E-state index contributed by atoms with van der Waals surface area (Å²) >= 11 is 0. The number of rotatable bonds is 4. The van der Waals surface area contributed by atoms with Crippen molar-refractivity contribution in [2.45, 2.75) is 38.8 Å². The Hall–Kier alpha value is -1.29. The van der Waals surface area contributed by atoms with Crippen LogP contribution in [0.5, 0.6) is 0 Å². The van der Waals surface area contributed by atoms with Crippen molar-refractivity contribution in [2.75, 3.05) is 13.1 Å². The number of nitrogens with one attached hydrogen (secondary N) is 1. The Morgan fingerprint density at radius 3 is 3.00 bits per heavy atom. The van der Waals surface area contributed by atoms with Crippen molar-refractivity contribution in [1.82, 2.24) is 10.2 Å². The molecule has 0 radical (unpaired) electrons. The molecule has 0 saturated carbocycles. The van der Waals surface area contributed by atoms with E-state index in [4.69, 9.17) is 4.42 Å². The predicted molar refractivity (Wildman–Crippen MR) is 65.9 cm³/mol. The van der Waals surface area contributed by atoms with Crippen LogP contribution in [0.2, 0.25) is 0 Å². The summed E-state index contributed by atoms with van der Waals surface area (Å²) in [5.74, 6) is 0.412. The van der Waals surface area contributed by atoms with E-state index < -0.39 is 0 Å². The minimum absolute atomic E-state index is 0.0151. The van der Waals surface area contributed by atoms with Crippen molar-refractivity contribution in [2.24, 2.45) is 0 Å². The van der Waals surface area contributed by atoms with E-state index in [1.165, 1.54) is 6.42 Å². The maximum absolute atomic E-state index is 12.2. The summed E-state index contributed by atoms with van der Waals surface area (Å²) < 4.78 is 5.18. The molecule has 0 aliphatic carbocycles. The molecule has 2 rings (SSSR count). The Morgan fingerprint density at radius 1 is 1.65 bits per heavy atom. The number of amides is 1. The van der Waals surface area contributed by atoms with Gasteiger partial charge in [0.1, 0.15) is 0 Å². The van der Waals surface area contributed by atoms with Crippen molar-refractivity contribution < 1.29 is 9.21 Å². The molecular formula is C13H20N2O2. The molecule has 2 heterocycles. The molecule has 1 aromatic rings. The van der Waals surface area contributed by atoms with Gasteiger partial charge in [0.05, 0.1) is 6.26 Å². The molecule has 0 spiro atoms. The highest BCUT2D eigenvalue weighted by molar-refractivity contribution is 5.91. The first-order valence-electron chi connectivity index (χ1n) is 6.26. The standard InChI is InChI=1S/C13H20N2O2/c1-10(2)15(9-11-5-3-7-14-11)13(16)12-6-4-8-17-12/h4,6,8,10-11,14H,3,5,7,9H2,1-2H3. The SMILES string of the molecule is CC(C)N(CC1CCCN1)C(=O)c1ccco1. The fourth-order valence-electron chi connectivity index (χ4n) is 2.22. The smallest absolute Gasteiger partial charge is 0.289 e. The third-order valence-electron chi connectivity index (χ3n) is 3.20. The zero-order valence-corrected chi connectivity index (χ0v) is 10.5. The third-order valence-corrected chi connectivity index (χ3v) is 3.20. The van der Waals surface area contributed by atoms with Crippen LogP contribution >= 0.6 is 0 Å². The van der Waals surface area contributed by atoms with Crippen LogP contribution in [-0.4, -0.2) is 36.0 Å². The second-order valence-electron chi connectivity index (χ2n) is 4.82. The van der Waals surface area contributed by atoms with Gasteiger partial charge in [-0.15, -0.1) is 0 Å². The summed E-state index contributed by atoms with van der Waals surface area (Å²) in [7, 11) is 0. The molecular weight excluding hydrogens is 216 g/mol. The lowest BCUT2D eigenvalue weighted by molar-refractivity contribution is 0.0656. The second-order valence-corrected chi connectivity index (χ2v) is 4.82. The summed E-state index contributed by atoms with van der Waals surface area (Å²) in [6, 6.07) is 4.09. The molecule has 1 amide bonds. The number of hydrogen-bond donors (Lipinski definition) is 1. The number of furan rings is 1. The molecule has 17 heavy (non-hydrogen) atoms. The van der Waals surface area contributed by atoms with Crippen molar-refractivity contribution in [3.8, 4) is 0 Å². The zero-order valence-electron chi connectivity index (χ0n) is 10.5. The van der Waals surface area contributed by atoms with Crippen LogP contribution in [0.15, 0.2) is 22.8 Å². The van der Waals surface area contributed by atoms with Crippen molar-refractivity contribution in [3.05, 3.63) is 24.2 Å². The lowest BCUT2D eigenvalue weighted by atomic mass is 10.2. The molecule has 4 nitrogen and oxygen atoms in total. The fraction of sp³-hybridized carbons (Fsp3) is 0.615. The normalized spacial score (nSPS) is 19.8. The highest BCUT2D eigenvalue weighted by Crippen LogP contribution is 2.13. The minimum atomic E-state index is -0.0151. The van der Waals surface area contributed by atoms with Gasteiger partial charge in [0.15, 0.2) is 5.76 Å². The maximum Gasteiger partial charge on any atom is 0.289 e. The lowest BCUT2D eigenvalue weighted by Crippen LogP contribution is -2.44. The van der Waals surface area contributed by atoms with Crippen LogP contribution < -0.4 is 5.32 Å². The van der Waals surface area contributed by atoms with Crippen LogP contribution in [0.3, 0.4) is 0 Å². The first-order chi connectivity index (χ1) is 8.18. The average Bonchev–Trinajstić information content (AvgIpc) is 2.97. The van der Waals surface area contributed by atoms with Gasteiger partial charge in [-0.2, -0.15) is 0 Å². The van der Waals surface area contributed by atoms with Crippen LogP contribution in [0.25, 0.3) is 0 Å². The van der Waals surface area contributed by atoms with Gasteiger partial charge in [0.25, 0.3) is 5.91 Å². The van der Waals surface area contributed by atoms with Crippen LogP contribution in [0, 0.1) is 0 Å². The molecule has 1 aliphatic rings. The Labute approximate surface area is 102 Å². The van der Waals surface area contributed by atoms with Gasteiger partial charge in [0.2, 0.25) is 0 Å². The summed E-state index contributed by atoms with van der Waals surface area (Å²) in [5, 5.41) is 3.42. The molecule has 1 N–H and O–H groups in total. The summed E-state index contributed by atoms with van der Waals surface area (Å²) in [5.41, 5.74) is 0. The number of carbonyl (C=O) groups excluding carboxylic acids is 1. The number of nitrogens with zero attached hydrogens (tertiary/aromatic N) is 1. The molecule has 1 unspecified atom stereocenters.